The van der Waals surface area contributed by atoms with Crippen LogP contribution in [0, 0.1) is 4.91 Å². The molecular formula is C8H13NO5. The van der Waals surface area contributed by atoms with Crippen molar-refractivity contribution < 1.29 is 19.7 Å². The molecule has 3 aliphatic rings. The molecule has 3 saturated heterocycles. The van der Waals surface area contributed by atoms with E-state index in [2.05, 4.69) is 5.18 Å². The molecule has 0 aliphatic carbocycles. The van der Waals surface area contributed by atoms with E-state index in [4.69, 9.17) is 14.6 Å². The molecule has 2 N–H and O–H groups in total. The summed E-state index contributed by atoms with van der Waals surface area (Å²) in [5.74, 6) is -1.31. The van der Waals surface area contributed by atoms with Crippen LogP contribution in [0.4, 0.5) is 0 Å². The predicted octanol–water partition coefficient (Wildman–Crippen LogP) is -0.622. The highest BCUT2D eigenvalue weighted by atomic mass is 16.8. The van der Waals surface area contributed by atoms with Gasteiger partial charge in [-0.15, -0.1) is 0 Å². The lowest BCUT2D eigenvalue weighted by Crippen LogP contribution is -2.77. The molecule has 3 rings (SSSR count). The summed E-state index contributed by atoms with van der Waals surface area (Å²) >= 11 is 0. The summed E-state index contributed by atoms with van der Waals surface area (Å²) in [4.78, 5) is 10.5. The van der Waals surface area contributed by atoms with Crippen molar-refractivity contribution in [1.82, 2.24) is 0 Å². The van der Waals surface area contributed by atoms with E-state index in [1.807, 2.05) is 6.92 Å². The smallest absolute Gasteiger partial charge is 0.221 e. The Balaban J connectivity index is 2.17. The molecule has 3 heterocycles. The number of fused-ring (bicyclic) bond motifs is 2. The van der Waals surface area contributed by atoms with E-state index in [-0.39, 0.29) is 6.10 Å². The molecule has 0 aromatic carbocycles. The number of hydrogen-bond acceptors (Lipinski definition) is 6. The molecule has 3 aliphatic heterocycles. The Morgan fingerprint density at radius 1 is 1.50 bits per heavy atom. The minimum atomic E-state index is -1.31. The number of aliphatic hydroxyl groups is 2. The number of hydrogen-bond donors (Lipinski definition) is 2. The van der Waals surface area contributed by atoms with Crippen LogP contribution in [0.2, 0.25) is 0 Å². The van der Waals surface area contributed by atoms with Crippen LogP contribution in [0.3, 0.4) is 0 Å². The second-order valence-corrected chi connectivity index (χ2v) is 3.66. The lowest BCUT2D eigenvalue weighted by atomic mass is 9.84. The highest BCUT2D eigenvalue weighted by molar-refractivity contribution is 5.08. The van der Waals surface area contributed by atoms with Gasteiger partial charge >= 0.3 is 0 Å². The zero-order chi connectivity index (χ0) is 10.3. The van der Waals surface area contributed by atoms with Crippen LogP contribution in [0.15, 0.2) is 5.18 Å². The number of nitrogens with zero attached hydrogens (tertiary/aromatic N) is 1. The summed E-state index contributed by atoms with van der Waals surface area (Å²) < 4.78 is 10.5. The molecule has 0 radical (unpaired) electrons. The molecule has 3 fully saturated rings. The quantitative estimate of drug-likeness (QED) is 0.597. The minimum absolute atomic E-state index is 0.373. The van der Waals surface area contributed by atoms with Crippen molar-refractivity contribution in [2.24, 2.45) is 5.18 Å². The molecule has 2 unspecified atom stereocenters. The average Bonchev–Trinajstić information content (AvgIpc) is 2.26. The number of aliphatic hydroxyl groups excluding tert-OH is 2. The first-order chi connectivity index (χ1) is 6.68. The SMILES string of the molecule is CC[C@@H]1OC2(CO)OC([C@@H]1N=O)[C@@H]2O. The second-order valence-electron chi connectivity index (χ2n) is 3.66. The van der Waals surface area contributed by atoms with Crippen LogP contribution < -0.4 is 0 Å². The van der Waals surface area contributed by atoms with Crippen molar-refractivity contribution in [3.05, 3.63) is 4.91 Å². The zero-order valence-electron chi connectivity index (χ0n) is 7.79. The summed E-state index contributed by atoms with van der Waals surface area (Å²) in [6.07, 6.45) is -1.36. The Labute approximate surface area is 80.8 Å². The van der Waals surface area contributed by atoms with Gasteiger partial charge in [0.25, 0.3) is 0 Å². The normalized spacial score (nSPS) is 51.1. The van der Waals surface area contributed by atoms with Crippen LogP contribution in [-0.4, -0.2) is 47.0 Å². The maximum absolute atomic E-state index is 10.5. The molecule has 5 atom stereocenters. The van der Waals surface area contributed by atoms with Gasteiger partial charge in [-0.2, -0.15) is 4.91 Å². The van der Waals surface area contributed by atoms with Gasteiger partial charge in [0.2, 0.25) is 5.79 Å². The van der Waals surface area contributed by atoms with Gasteiger partial charge in [-0.05, 0) is 6.42 Å². The third kappa shape index (κ3) is 1.05. The van der Waals surface area contributed by atoms with E-state index in [1.54, 1.807) is 0 Å². The van der Waals surface area contributed by atoms with Crippen LogP contribution in [0.1, 0.15) is 13.3 Å². The fourth-order valence-corrected chi connectivity index (χ4v) is 2.05. The van der Waals surface area contributed by atoms with Crippen LogP contribution >= 0.6 is 0 Å². The van der Waals surface area contributed by atoms with Crippen molar-refractivity contribution in [3.8, 4) is 0 Å². The lowest BCUT2D eigenvalue weighted by molar-refractivity contribution is -0.456. The molecule has 0 saturated carbocycles. The molecule has 6 nitrogen and oxygen atoms in total. The first kappa shape index (κ1) is 9.97. The van der Waals surface area contributed by atoms with Crippen LogP contribution in [0.5, 0.6) is 0 Å². The summed E-state index contributed by atoms with van der Waals surface area (Å²) in [5, 5.41) is 21.5. The molecule has 2 bridgehead atoms. The van der Waals surface area contributed by atoms with Gasteiger partial charge in [0, 0.05) is 0 Å². The Kier molecular flexibility index (Phi) is 2.30. The van der Waals surface area contributed by atoms with E-state index in [9.17, 15) is 10.0 Å². The number of nitroso groups, excluding NO2 is 1. The van der Waals surface area contributed by atoms with Gasteiger partial charge < -0.3 is 19.7 Å². The first-order valence-electron chi connectivity index (χ1n) is 4.65. The highest BCUT2D eigenvalue weighted by Gasteiger charge is 2.66. The molecule has 14 heavy (non-hydrogen) atoms. The van der Waals surface area contributed by atoms with Gasteiger partial charge in [0.05, 0.1) is 6.10 Å². The van der Waals surface area contributed by atoms with Crippen LogP contribution in [0.25, 0.3) is 0 Å². The topological polar surface area (TPSA) is 88.4 Å². The highest BCUT2D eigenvalue weighted by Crippen LogP contribution is 2.44. The third-order valence-corrected chi connectivity index (χ3v) is 2.91. The fourth-order valence-electron chi connectivity index (χ4n) is 2.05. The monoisotopic (exact) mass is 203 g/mol. The van der Waals surface area contributed by atoms with Gasteiger partial charge in [-0.3, -0.25) is 0 Å². The Hall–Kier alpha value is -0.560. The second kappa shape index (κ2) is 3.23. The van der Waals surface area contributed by atoms with Gasteiger partial charge in [-0.1, -0.05) is 12.1 Å². The molecule has 0 spiro atoms. The predicted molar refractivity (Wildman–Crippen MR) is 45.4 cm³/mol. The molecule has 0 aromatic heterocycles. The van der Waals surface area contributed by atoms with Gasteiger partial charge in [-0.25, -0.2) is 0 Å². The van der Waals surface area contributed by atoms with Crippen molar-refractivity contribution in [3.63, 3.8) is 0 Å². The molecular weight excluding hydrogens is 190 g/mol. The third-order valence-electron chi connectivity index (χ3n) is 2.91. The largest absolute Gasteiger partial charge is 0.391 e. The minimum Gasteiger partial charge on any atom is -0.391 e. The Morgan fingerprint density at radius 3 is 2.64 bits per heavy atom. The maximum atomic E-state index is 10.5. The molecule has 80 valence electrons. The summed E-state index contributed by atoms with van der Waals surface area (Å²) in [7, 11) is 0. The summed E-state index contributed by atoms with van der Waals surface area (Å²) in [6.45, 7) is 1.44. The van der Waals surface area contributed by atoms with E-state index < -0.39 is 30.6 Å². The van der Waals surface area contributed by atoms with E-state index in [1.165, 1.54) is 0 Å². The van der Waals surface area contributed by atoms with E-state index in [0.717, 1.165) is 0 Å². The Morgan fingerprint density at radius 2 is 2.21 bits per heavy atom. The molecule has 0 amide bonds. The summed E-state index contributed by atoms with van der Waals surface area (Å²) in [6, 6.07) is -0.677. The number of ether oxygens (including phenoxy) is 2. The maximum Gasteiger partial charge on any atom is 0.221 e. The molecule has 0 aromatic rings. The Bertz CT molecular complexity index is 246. The zero-order valence-corrected chi connectivity index (χ0v) is 7.79. The van der Waals surface area contributed by atoms with Gasteiger partial charge in [0.1, 0.15) is 24.9 Å². The first-order valence-corrected chi connectivity index (χ1v) is 4.65. The van der Waals surface area contributed by atoms with E-state index in [0.29, 0.717) is 6.42 Å². The van der Waals surface area contributed by atoms with E-state index >= 15 is 0 Å². The fraction of sp³-hybridized carbons (Fsp3) is 1.00. The van der Waals surface area contributed by atoms with Gasteiger partial charge in [0.15, 0.2) is 0 Å². The number of rotatable bonds is 3. The summed E-state index contributed by atoms with van der Waals surface area (Å²) in [5.41, 5.74) is 0. The van der Waals surface area contributed by atoms with Crippen molar-refractivity contribution in [1.29, 1.82) is 0 Å². The molecule has 6 heteroatoms. The van der Waals surface area contributed by atoms with Crippen molar-refractivity contribution in [2.75, 3.05) is 6.61 Å². The standard InChI is InChI=1S/C8H13NO5/c1-2-4-5(9-12)6-7(11)8(3-10,13-4)14-6/h4-7,10-11H,2-3H2,1H3/t4-,5+,6?,7-,8?/m0/s1. The van der Waals surface area contributed by atoms with Crippen molar-refractivity contribution in [2.45, 2.75) is 43.5 Å². The van der Waals surface area contributed by atoms with Crippen LogP contribution in [-0.2, 0) is 9.47 Å². The van der Waals surface area contributed by atoms with Crippen molar-refractivity contribution >= 4 is 0 Å². The lowest BCUT2D eigenvalue weighted by Gasteiger charge is -2.58. The average molecular weight is 203 g/mol.